The summed E-state index contributed by atoms with van der Waals surface area (Å²) in [5.41, 5.74) is 11.9. The smallest absolute Gasteiger partial charge is 0.129 e. The molecule has 3 aromatic heterocycles. The highest BCUT2D eigenvalue weighted by molar-refractivity contribution is 6.12. The predicted molar refractivity (Wildman–Crippen MR) is 257 cm³/mol. The predicted octanol–water partition coefficient (Wildman–Crippen LogP) is 14.3. The molecular weight excluding hydrogens is 759 g/mol. The van der Waals surface area contributed by atoms with Crippen molar-refractivity contribution in [3.05, 3.63) is 206 Å². The standard InChI is InChI=1S/C56H41N5O/c1-37-32-47(38-16-13-18-40(33-38)62-41-19-14-17-39(34-41)59-36-58(2)52-28-11-12-29-53(52)59)57-35-46(37)56-54(60-48-24-7-3-20-42(48)43-21-4-8-25-49(43)60)30-15-31-55(56)61-50-26-9-5-22-44(50)45-23-6-10-27-51(45)61/h3-35H,36H2,1-2H3/i1D3. The van der Waals surface area contributed by atoms with E-state index in [1.807, 2.05) is 42.5 Å². The summed E-state index contributed by atoms with van der Waals surface area (Å²) in [6, 6.07) is 65.8. The first-order valence-electron chi connectivity index (χ1n) is 22.4. The third-order valence-electron chi connectivity index (χ3n) is 12.3. The molecular formula is C56H41N5O. The zero-order chi connectivity index (χ0) is 43.8. The second-order valence-corrected chi connectivity index (χ2v) is 15.9. The Morgan fingerprint density at radius 2 is 1.00 bits per heavy atom. The van der Waals surface area contributed by atoms with Gasteiger partial charge in [0.1, 0.15) is 11.5 Å². The number of aromatic nitrogens is 3. The summed E-state index contributed by atoms with van der Waals surface area (Å²) < 4.78 is 38.5. The molecule has 0 aliphatic carbocycles. The minimum atomic E-state index is -2.50. The van der Waals surface area contributed by atoms with E-state index in [2.05, 4.69) is 172 Å². The number of benzene rings is 8. The van der Waals surface area contributed by atoms with Gasteiger partial charge in [-0.1, -0.05) is 109 Å². The molecule has 62 heavy (non-hydrogen) atoms. The van der Waals surface area contributed by atoms with Crippen molar-refractivity contribution in [2.45, 2.75) is 6.85 Å². The lowest BCUT2D eigenvalue weighted by Crippen LogP contribution is -2.23. The lowest BCUT2D eigenvalue weighted by Gasteiger charge is -2.21. The van der Waals surface area contributed by atoms with E-state index >= 15 is 0 Å². The fourth-order valence-electron chi connectivity index (χ4n) is 9.52. The van der Waals surface area contributed by atoms with Gasteiger partial charge in [0, 0.05) is 67.3 Å². The summed E-state index contributed by atoms with van der Waals surface area (Å²) in [7, 11) is 2.10. The van der Waals surface area contributed by atoms with Crippen LogP contribution in [-0.2, 0) is 0 Å². The molecule has 6 nitrogen and oxygen atoms in total. The SMILES string of the molecule is [2H]C([2H])([2H])c1cc(-c2cccc(Oc3cccc(N4CN(C)c5ccccc54)c3)c2)ncc1-c1c(-n2c3ccccc3c3ccccc32)cccc1-n1c2ccccc2c2ccccc21. The van der Waals surface area contributed by atoms with Gasteiger partial charge < -0.3 is 23.7 Å². The Kier molecular flexibility index (Phi) is 7.54. The summed E-state index contributed by atoms with van der Waals surface area (Å²) in [4.78, 5) is 9.60. The van der Waals surface area contributed by atoms with Gasteiger partial charge in [-0.3, -0.25) is 4.98 Å². The van der Waals surface area contributed by atoms with Crippen LogP contribution in [0.1, 0.15) is 9.68 Å². The summed E-state index contributed by atoms with van der Waals surface area (Å²) in [6.45, 7) is -1.77. The molecule has 0 bridgehead atoms. The normalized spacial score (nSPS) is 13.5. The topological polar surface area (TPSA) is 38.5 Å². The van der Waals surface area contributed by atoms with Crippen LogP contribution in [-0.4, -0.2) is 27.8 Å². The van der Waals surface area contributed by atoms with E-state index < -0.39 is 6.85 Å². The maximum absolute atomic E-state index is 9.14. The van der Waals surface area contributed by atoms with E-state index in [0.717, 1.165) is 84.2 Å². The molecule has 8 aromatic carbocycles. The van der Waals surface area contributed by atoms with Gasteiger partial charge in [0.2, 0.25) is 0 Å². The number of anilines is 3. The molecule has 11 aromatic rings. The summed E-state index contributed by atoms with van der Waals surface area (Å²) in [5, 5.41) is 4.46. The first-order chi connectivity index (χ1) is 31.8. The molecule has 12 rings (SSSR count). The number of ether oxygens (including phenoxy) is 1. The van der Waals surface area contributed by atoms with Crippen molar-refractivity contribution < 1.29 is 8.85 Å². The largest absolute Gasteiger partial charge is 0.457 e. The molecule has 0 spiro atoms. The molecule has 1 aliphatic rings. The molecule has 1 aliphatic heterocycles. The second-order valence-electron chi connectivity index (χ2n) is 15.9. The molecule has 0 atom stereocenters. The molecule has 0 fully saturated rings. The van der Waals surface area contributed by atoms with Crippen molar-refractivity contribution in [3.63, 3.8) is 0 Å². The van der Waals surface area contributed by atoms with E-state index in [4.69, 9.17) is 13.8 Å². The molecule has 6 heteroatoms. The van der Waals surface area contributed by atoms with Crippen LogP contribution in [0.15, 0.2) is 200 Å². The van der Waals surface area contributed by atoms with Crippen LogP contribution in [0.5, 0.6) is 11.5 Å². The van der Waals surface area contributed by atoms with Gasteiger partial charge in [0.25, 0.3) is 0 Å². The Bertz CT molecular complexity index is 3420. The molecule has 296 valence electrons. The molecule has 0 unspecified atom stereocenters. The number of hydrogen-bond donors (Lipinski definition) is 0. The van der Waals surface area contributed by atoms with Gasteiger partial charge in [-0.15, -0.1) is 0 Å². The number of nitrogens with zero attached hydrogens (tertiary/aromatic N) is 5. The molecule has 0 N–H and O–H groups in total. The van der Waals surface area contributed by atoms with Crippen molar-refractivity contribution in [3.8, 4) is 45.3 Å². The number of fused-ring (bicyclic) bond motifs is 7. The molecule has 0 saturated carbocycles. The first kappa shape index (κ1) is 32.7. The van der Waals surface area contributed by atoms with Crippen LogP contribution in [0.25, 0.3) is 77.4 Å². The fourth-order valence-corrected chi connectivity index (χ4v) is 9.52. The van der Waals surface area contributed by atoms with Gasteiger partial charge in [-0.25, -0.2) is 0 Å². The molecule has 0 amide bonds. The minimum absolute atomic E-state index is 0.201. The highest BCUT2D eigenvalue weighted by Crippen LogP contribution is 2.44. The zero-order valence-electron chi connectivity index (χ0n) is 36.9. The molecule has 0 saturated heterocycles. The minimum Gasteiger partial charge on any atom is -0.457 e. The number of pyridine rings is 1. The Morgan fingerprint density at radius 1 is 0.500 bits per heavy atom. The third-order valence-corrected chi connectivity index (χ3v) is 12.3. The number of hydrogen-bond acceptors (Lipinski definition) is 4. The highest BCUT2D eigenvalue weighted by Gasteiger charge is 2.25. The second kappa shape index (κ2) is 14.3. The van der Waals surface area contributed by atoms with Crippen LogP contribution < -0.4 is 14.5 Å². The summed E-state index contributed by atoms with van der Waals surface area (Å²) in [6.07, 6.45) is 1.75. The van der Waals surface area contributed by atoms with Gasteiger partial charge in [-0.2, -0.15) is 0 Å². The lowest BCUT2D eigenvalue weighted by atomic mass is 9.96. The van der Waals surface area contributed by atoms with E-state index in [1.54, 1.807) is 12.3 Å². The average Bonchev–Trinajstić information content (AvgIpc) is 3.98. The fraction of sp³-hybridized carbons (Fsp3) is 0.0536. The summed E-state index contributed by atoms with van der Waals surface area (Å²) in [5.74, 6) is 1.31. The van der Waals surface area contributed by atoms with Crippen LogP contribution in [0.4, 0.5) is 17.1 Å². The van der Waals surface area contributed by atoms with Gasteiger partial charge >= 0.3 is 0 Å². The van der Waals surface area contributed by atoms with Crippen molar-refractivity contribution in [1.82, 2.24) is 14.1 Å². The van der Waals surface area contributed by atoms with Crippen molar-refractivity contribution in [1.29, 1.82) is 0 Å². The molecule has 4 heterocycles. The number of rotatable bonds is 7. The van der Waals surface area contributed by atoms with E-state index in [1.165, 1.54) is 5.69 Å². The van der Waals surface area contributed by atoms with Crippen molar-refractivity contribution in [2.24, 2.45) is 0 Å². The van der Waals surface area contributed by atoms with Gasteiger partial charge in [0.15, 0.2) is 0 Å². The van der Waals surface area contributed by atoms with E-state index in [9.17, 15) is 0 Å². The highest BCUT2D eigenvalue weighted by atomic mass is 16.5. The number of aryl methyl sites for hydroxylation is 1. The van der Waals surface area contributed by atoms with Crippen molar-refractivity contribution >= 4 is 60.7 Å². The first-order valence-corrected chi connectivity index (χ1v) is 20.9. The van der Waals surface area contributed by atoms with Crippen LogP contribution >= 0.6 is 0 Å². The monoisotopic (exact) mass is 802 g/mol. The Balaban J connectivity index is 1.02. The maximum atomic E-state index is 9.14. The number of para-hydroxylation sites is 6. The van der Waals surface area contributed by atoms with Crippen LogP contribution in [0.3, 0.4) is 0 Å². The Labute approximate surface area is 363 Å². The quantitative estimate of drug-likeness (QED) is 0.161. The third kappa shape index (κ3) is 5.68. The Hall–Kier alpha value is -8.09. The van der Waals surface area contributed by atoms with E-state index in [0.29, 0.717) is 22.8 Å². The summed E-state index contributed by atoms with van der Waals surface area (Å²) >= 11 is 0. The maximum Gasteiger partial charge on any atom is 0.129 e. The van der Waals surface area contributed by atoms with E-state index in [-0.39, 0.29) is 5.56 Å². The van der Waals surface area contributed by atoms with Gasteiger partial charge in [0.05, 0.1) is 57.2 Å². The van der Waals surface area contributed by atoms with Crippen LogP contribution in [0.2, 0.25) is 0 Å². The zero-order valence-corrected chi connectivity index (χ0v) is 33.9. The average molecular weight is 803 g/mol. The Morgan fingerprint density at radius 3 is 1.60 bits per heavy atom. The lowest BCUT2D eigenvalue weighted by molar-refractivity contribution is 0.483. The van der Waals surface area contributed by atoms with Gasteiger partial charge in [-0.05, 0) is 91.3 Å². The van der Waals surface area contributed by atoms with Crippen LogP contribution in [0, 0.1) is 6.85 Å². The van der Waals surface area contributed by atoms with Crippen molar-refractivity contribution in [2.75, 3.05) is 23.5 Å². The molecule has 0 radical (unpaired) electrons.